The molecular formula is C16H18N4O2S. The normalized spacial score (nSPS) is 16.2. The zero-order valence-electron chi connectivity index (χ0n) is 12.8. The third-order valence-electron chi connectivity index (χ3n) is 3.48. The Kier molecular flexibility index (Phi) is 4.97. The van der Waals surface area contributed by atoms with Gasteiger partial charge in [0.2, 0.25) is 11.8 Å². The van der Waals surface area contributed by atoms with E-state index in [-0.39, 0.29) is 11.9 Å². The number of nitrogens with one attached hydrogen (secondary N) is 2. The van der Waals surface area contributed by atoms with E-state index < -0.39 is 0 Å². The van der Waals surface area contributed by atoms with Crippen molar-refractivity contribution in [1.82, 2.24) is 9.97 Å². The Balaban J connectivity index is 1.53. The molecule has 1 amide bonds. The van der Waals surface area contributed by atoms with Crippen LogP contribution in [0.2, 0.25) is 0 Å². The van der Waals surface area contributed by atoms with Gasteiger partial charge in [-0.15, -0.1) is 0 Å². The van der Waals surface area contributed by atoms with Crippen molar-refractivity contribution in [2.24, 2.45) is 0 Å². The number of hydrogen-bond donors (Lipinski definition) is 2. The highest BCUT2D eigenvalue weighted by Crippen LogP contribution is 2.27. The summed E-state index contributed by atoms with van der Waals surface area (Å²) in [5.41, 5.74) is 1.75. The number of anilines is 2. The van der Waals surface area contributed by atoms with Gasteiger partial charge in [0.15, 0.2) is 5.82 Å². The van der Waals surface area contributed by atoms with Crippen LogP contribution < -0.4 is 15.4 Å². The summed E-state index contributed by atoms with van der Waals surface area (Å²) in [7, 11) is 1.57. The molecule has 7 heteroatoms. The second-order valence-corrected chi connectivity index (χ2v) is 6.23. The van der Waals surface area contributed by atoms with Crippen molar-refractivity contribution in [3.63, 3.8) is 0 Å². The quantitative estimate of drug-likeness (QED) is 0.791. The number of carbonyl (C=O) groups is 1. The zero-order chi connectivity index (χ0) is 16.1. The summed E-state index contributed by atoms with van der Waals surface area (Å²) < 4.78 is 5.11. The molecule has 0 aromatic carbocycles. The summed E-state index contributed by atoms with van der Waals surface area (Å²) in [6, 6.07) is 9.12. The topological polar surface area (TPSA) is 76.1 Å². The molecule has 1 aliphatic heterocycles. The minimum absolute atomic E-state index is 0.0326. The highest BCUT2D eigenvalue weighted by molar-refractivity contribution is 7.99. The molecule has 0 saturated heterocycles. The average Bonchev–Trinajstić information content (AvgIpc) is 2.59. The van der Waals surface area contributed by atoms with E-state index >= 15 is 0 Å². The molecule has 0 aliphatic carbocycles. The Bertz CT molecular complexity index is 681. The van der Waals surface area contributed by atoms with Gasteiger partial charge in [-0.2, -0.15) is 16.7 Å². The molecular weight excluding hydrogens is 312 g/mol. The number of thioether (sulfide) groups is 1. The van der Waals surface area contributed by atoms with Crippen LogP contribution in [0.1, 0.15) is 5.69 Å². The number of nitrogens with zero attached hydrogens (tertiary/aromatic N) is 2. The SMILES string of the molecule is COc1ccc2c(n1)NC(CSCCc1ccccn1)C(=O)N2. The van der Waals surface area contributed by atoms with Crippen LogP contribution in [-0.4, -0.2) is 40.5 Å². The Labute approximate surface area is 139 Å². The zero-order valence-corrected chi connectivity index (χ0v) is 13.6. The van der Waals surface area contributed by atoms with Gasteiger partial charge in [-0.3, -0.25) is 9.78 Å². The molecule has 1 unspecified atom stereocenters. The molecule has 0 saturated carbocycles. The second kappa shape index (κ2) is 7.32. The molecule has 0 spiro atoms. The maximum Gasteiger partial charge on any atom is 0.247 e. The highest BCUT2D eigenvalue weighted by Gasteiger charge is 2.26. The number of ether oxygens (including phenoxy) is 1. The minimum Gasteiger partial charge on any atom is -0.481 e. The van der Waals surface area contributed by atoms with Gasteiger partial charge >= 0.3 is 0 Å². The largest absolute Gasteiger partial charge is 0.481 e. The standard InChI is InChI=1S/C16H18N4O2S/c1-22-14-6-5-12-15(20-14)18-13(16(21)19-12)10-23-9-7-11-4-2-3-8-17-11/h2-6,8,13H,7,9-10H2,1H3,(H,18,20)(H,19,21). The van der Waals surface area contributed by atoms with E-state index in [9.17, 15) is 4.79 Å². The fourth-order valence-electron chi connectivity index (χ4n) is 2.26. The molecule has 2 N–H and O–H groups in total. The number of aryl methyl sites for hydroxylation is 1. The summed E-state index contributed by atoms with van der Waals surface area (Å²) in [5, 5.41) is 6.06. The Morgan fingerprint density at radius 1 is 1.30 bits per heavy atom. The van der Waals surface area contributed by atoms with Crippen LogP contribution in [0, 0.1) is 0 Å². The molecule has 6 nitrogen and oxygen atoms in total. The molecule has 0 fully saturated rings. The molecule has 2 aromatic heterocycles. The van der Waals surface area contributed by atoms with E-state index in [2.05, 4.69) is 20.6 Å². The van der Waals surface area contributed by atoms with Crippen molar-refractivity contribution in [2.75, 3.05) is 29.2 Å². The summed E-state index contributed by atoms with van der Waals surface area (Å²) in [6.45, 7) is 0. The van der Waals surface area contributed by atoms with Gasteiger partial charge in [-0.25, -0.2) is 0 Å². The third-order valence-corrected chi connectivity index (χ3v) is 4.54. The van der Waals surface area contributed by atoms with E-state index in [4.69, 9.17) is 4.74 Å². The van der Waals surface area contributed by atoms with E-state index in [1.165, 1.54) is 0 Å². The Morgan fingerprint density at radius 3 is 3.00 bits per heavy atom. The van der Waals surface area contributed by atoms with Gasteiger partial charge in [-0.1, -0.05) is 6.07 Å². The highest BCUT2D eigenvalue weighted by atomic mass is 32.2. The van der Waals surface area contributed by atoms with Crippen molar-refractivity contribution in [3.8, 4) is 5.88 Å². The van der Waals surface area contributed by atoms with E-state index in [0.717, 1.165) is 17.9 Å². The first-order valence-electron chi connectivity index (χ1n) is 7.36. The molecule has 23 heavy (non-hydrogen) atoms. The minimum atomic E-state index is -0.296. The van der Waals surface area contributed by atoms with Gasteiger partial charge in [-0.05, 0) is 30.4 Å². The molecule has 2 aromatic rings. The lowest BCUT2D eigenvalue weighted by Gasteiger charge is -2.25. The van der Waals surface area contributed by atoms with Gasteiger partial charge < -0.3 is 15.4 Å². The first kappa shape index (κ1) is 15.6. The molecule has 120 valence electrons. The number of pyridine rings is 2. The fraction of sp³-hybridized carbons (Fsp3) is 0.312. The average molecular weight is 330 g/mol. The lowest BCUT2D eigenvalue weighted by Crippen LogP contribution is -2.41. The first-order valence-corrected chi connectivity index (χ1v) is 8.52. The first-order chi connectivity index (χ1) is 11.3. The van der Waals surface area contributed by atoms with E-state index in [1.54, 1.807) is 37.2 Å². The molecule has 3 rings (SSSR count). The molecule has 0 radical (unpaired) electrons. The number of rotatable bonds is 6. The molecule has 0 bridgehead atoms. The third kappa shape index (κ3) is 3.92. The number of carbonyl (C=O) groups excluding carboxylic acids is 1. The lowest BCUT2D eigenvalue weighted by molar-refractivity contribution is -0.116. The summed E-state index contributed by atoms with van der Waals surface area (Å²) in [5.74, 6) is 2.74. The van der Waals surface area contributed by atoms with Crippen molar-refractivity contribution >= 4 is 29.2 Å². The monoisotopic (exact) mass is 330 g/mol. The van der Waals surface area contributed by atoms with Crippen LogP contribution in [0.5, 0.6) is 5.88 Å². The molecule has 3 heterocycles. The molecule has 1 atom stereocenters. The summed E-state index contributed by atoms with van der Waals surface area (Å²) in [6.07, 6.45) is 2.69. The smallest absolute Gasteiger partial charge is 0.247 e. The van der Waals surface area contributed by atoms with Crippen molar-refractivity contribution in [3.05, 3.63) is 42.2 Å². The van der Waals surface area contributed by atoms with Crippen LogP contribution in [0.3, 0.4) is 0 Å². The van der Waals surface area contributed by atoms with Crippen molar-refractivity contribution in [2.45, 2.75) is 12.5 Å². The van der Waals surface area contributed by atoms with Crippen molar-refractivity contribution in [1.29, 1.82) is 0 Å². The van der Waals surface area contributed by atoms with Gasteiger partial charge in [0.1, 0.15) is 6.04 Å². The van der Waals surface area contributed by atoms with Crippen LogP contribution in [-0.2, 0) is 11.2 Å². The van der Waals surface area contributed by atoms with Crippen molar-refractivity contribution < 1.29 is 9.53 Å². The number of amides is 1. The maximum absolute atomic E-state index is 12.1. The van der Waals surface area contributed by atoms with Gasteiger partial charge in [0, 0.05) is 23.7 Å². The van der Waals surface area contributed by atoms with E-state index in [0.29, 0.717) is 23.1 Å². The predicted molar refractivity (Wildman–Crippen MR) is 92.1 cm³/mol. The fourth-order valence-corrected chi connectivity index (χ4v) is 3.25. The number of methoxy groups -OCH3 is 1. The summed E-state index contributed by atoms with van der Waals surface area (Å²) in [4.78, 5) is 20.7. The van der Waals surface area contributed by atoms with Crippen LogP contribution in [0.25, 0.3) is 0 Å². The summed E-state index contributed by atoms with van der Waals surface area (Å²) >= 11 is 1.72. The maximum atomic E-state index is 12.1. The van der Waals surface area contributed by atoms with Crippen LogP contribution >= 0.6 is 11.8 Å². The number of hydrogen-bond acceptors (Lipinski definition) is 6. The van der Waals surface area contributed by atoms with Crippen LogP contribution in [0.15, 0.2) is 36.5 Å². The Hall–Kier alpha value is -2.28. The van der Waals surface area contributed by atoms with E-state index in [1.807, 2.05) is 18.2 Å². The Morgan fingerprint density at radius 2 is 2.22 bits per heavy atom. The number of fused-ring (bicyclic) bond motifs is 1. The number of aromatic nitrogens is 2. The molecule has 1 aliphatic rings. The van der Waals surface area contributed by atoms with Crippen LogP contribution in [0.4, 0.5) is 11.5 Å². The van der Waals surface area contributed by atoms with Gasteiger partial charge in [0.05, 0.1) is 12.8 Å². The second-order valence-electron chi connectivity index (χ2n) is 5.08. The lowest BCUT2D eigenvalue weighted by atomic mass is 10.2. The predicted octanol–water partition coefficient (Wildman–Crippen LogP) is 2.19. The van der Waals surface area contributed by atoms with Gasteiger partial charge in [0.25, 0.3) is 0 Å².